The smallest absolute Gasteiger partial charge is 0.306 e. The third-order valence-corrected chi connectivity index (χ3v) is 5.84. The summed E-state index contributed by atoms with van der Waals surface area (Å²) in [5.41, 5.74) is 0.673. The quantitative estimate of drug-likeness (QED) is 0.389. The molecule has 0 saturated heterocycles. The van der Waals surface area contributed by atoms with Gasteiger partial charge in [0.25, 0.3) is 5.56 Å². The number of fused-ring (bicyclic) bond motifs is 1. The fourth-order valence-electron chi connectivity index (χ4n) is 3.93. The number of carbonyl (C=O) groups excluding carboxylic acids is 2. The molecule has 1 amide bonds. The summed E-state index contributed by atoms with van der Waals surface area (Å²) in [6.07, 6.45) is 0.715. The van der Waals surface area contributed by atoms with E-state index in [1.807, 2.05) is 6.92 Å². The van der Waals surface area contributed by atoms with E-state index in [-0.39, 0.29) is 30.9 Å². The highest BCUT2D eigenvalue weighted by Crippen LogP contribution is 2.25. The van der Waals surface area contributed by atoms with Crippen LogP contribution in [0.1, 0.15) is 58.8 Å². The second kappa shape index (κ2) is 11.7. The van der Waals surface area contributed by atoms with Gasteiger partial charge in [0.1, 0.15) is 11.6 Å². The predicted molar refractivity (Wildman–Crippen MR) is 133 cm³/mol. The third kappa shape index (κ3) is 6.32. The van der Waals surface area contributed by atoms with Crippen LogP contribution in [0.15, 0.2) is 53.3 Å². The molecule has 0 saturated carbocycles. The Kier molecular flexibility index (Phi) is 8.73. The summed E-state index contributed by atoms with van der Waals surface area (Å²) >= 11 is 0. The Morgan fingerprint density at radius 1 is 1.06 bits per heavy atom. The van der Waals surface area contributed by atoms with Crippen LogP contribution in [-0.2, 0) is 14.3 Å². The summed E-state index contributed by atoms with van der Waals surface area (Å²) in [7, 11) is 0. The maximum absolute atomic E-state index is 13.6. The molecule has 0 aliphatic heterocycles. The van der Waals surface area contributed by atoms with E-state index >= 15 is 0 Å². The van der Waals surface area contributed by atoms with E-state index in [9.17, 15) is 18.8 Å². The van der Waals surface area contributed by atoms with Crippen LogP contribution in [0.4, 0.5) is 4.39 Å². The molecule has 3 aromatic rings. The Morgan fingerprint density at radius 3 is 2.40 bits per heavy atom. The lowest BCUT2D eigenvalue weighted by Crippen LogP contribution is -2.38. The van der Waals surface area contributed by atoms with E-state index in [0.29, 0.717) is 34.9 Å². The van der Waals surface area contributed by atoms with Crippen molar-refractivity contribution < 1.29 is 18.7 Å². The monoisotopic (exact) mass is 481 g/mol. The third-order valence-electron chi connectivity index (χ3n) is 5.84. The molecule has 0 fully saturated rings. The first-order chi connectivity index (χ1) is 16.7. The number of rotatable bonds is 10. The number of benzene rings is 2. The summed E-state index contributed by atoms with van der Waals surface area (Å²) in [4.78, 5) is 45.1. The largest absolute Gasteiger partial charge is 0.466 e. The lowest BCUT2D eigenvalue weighted by atomic mass is 10.1. The maximum atomic E-state index is 13.6. The van der Waals surface area contributed by atoms with Gasteiger partial charge in [-0.25, -0.2) is 9.37 Å². The van der Waals surface area contributed by atoms with E-state index in [1.165, 1.54) is 28.8 Å². The predicted octanol–water partition coefficient (Wildman–Crippen LogP) is 4.80. The lowest BCUT2D eigenvalue weighted by molar-refractivity contribution is -0.146. The van der Waals surface area contributed by atoms with Gasteiger partial charge >= 0.3 is 5.97 Å². The number of halogens is 1. The Bertz CT molecular complexity index is 1240. The van der Waals surface area contributed by atoms with Gasteiger partial charge in [0.05, 0.1) is 35.7 Å². The zero-order chi connectivity index (χ0) is 25.5. The molecule has 1 aromatic heterocycles. The highest BCUT2D eigenvalue weighted by Gasteiger charge is 2.27. The highest BCUT2D eigenvalue weighted by atomic mass is 19.1. The molecule has 3 rings (SSSR count). The number of hydrogen-bond donors (Lipinski definition) is 0. The molecule has 8 heteroatoms. The van der Waals surface area contributed by atoms with Crippen molar-refractivity contribution in [2.75, 3.05) is 13.2 Å². The zero-order valence-electron chi connectivity index (χ0n) is 20.7. The summed E-state index contributed by atoms with van der Waals surface area (Å²) < 4.78 is 20.0. The lowest BCUT2D eigenvalue weighted by Gasteiger charge is -2.31. The SMILES string of the molecule is CCOC(=O)CCC(=O)N(CCC(C)C)C(C)c1nc2ccccc2c(=O)n1-c1ccc(F)cc1. The summed E-state index contributed by atoms with van der Waals surface area (Å²) in [6.45, 7) is 8.36. The molecule has 1 atom stereocenters. The van der Waals surface area contributed by atoms with Crippen molar-refractivity contribution in [1.29, 1.82) is 0 Å². The van der Waals surface area contributed by atoms with E-state index in [2.05, 4.69) is 13.8 Å². The van der Waals surface area contributed by atoms with Crippen molar-refractivity contribution in [2.24, 2.45) is 5.92 Å². The second-order valence-corrected chi connectivity index (χ2v) is 8.85. The van der Waals surface area contributed by atoms with Crippen LogP contribution < -0.4 is 5.56 Å². The normalized spacial score (nSPS) is 12.1. The van der Waals surface area contributed by atoms with Gasteiger partial charge in [-0.2, -0.15) is 0 Å². The number of amides is 1. The molecular weight excluding hydrogens is 449 g/mol. The Balaban J connectivity index is 2.09. The zero-order valence-corrected chi connectivity index (χ0v) is 20.7. The maximum Gasteiger partial charge on any atom is 0.306 e. The molecule has 7 nitrogen and oxygen atoms in total. The molecule has 1 unspecified atom stereocenters. The van der Waals surface area contributed by atoms with Gasteiger partial charge < -0.3 is 9.64 Å². The second-order valence-electron chi connectivity index (χ2n) is 8.85. The minimum absolute atomic E-state index is 0.00434. The van der Waals surface area contributed by atoms with Gasteiger partial charge in [-0.05, 0) is 62.6 Å². The molecule has 1 heterocycles. The first kappa shape index (κ1) is 26.1. The first-order valence-corrected chi connectivity index (χ1v) is 12.0. The molecule has 0 bridgehead atoms. The number of ether oxygens (including phenoxy) is 1. The van der Waals surface area contributed by atoms with Crippen molar-refractivity contribution >= 4 is 22.8 Å². The summed E-state index contributed by atoms with van der Waals surface area (Å²) in [5.74, 6) is -0.360. The van der Waals surface area contributed by atoms with Crippen molar-refractivity contribution in [3.05, 3.63) is 70.5 Å². The van der Waals surface area contributed by atoms with Gasteiger partial charge in [-0.15, -0.1) is 0 Å². The van der Waals surface area contributed by atoms with Gasteiger partial charge in [0.2, 0.25) is 5.91 Å². The van der Waals surface area contributed by atoms with Crippen molar-refractivity contribution in [1.82, 2.24) is 14.5 Å². The van der Waals surface area contributed by atoms with Gasteiger partial charge in [0.15, 0.2) is 0 Å². The fourth-order valence-corrected chi connectivity index (χ4v) is 3.93. The number of carbonyl (C=O) groups is 2. The van der Waals surface area contributed by atoms with Crippen LogP contribution in [0.25, 0.3) is 16.6 Å². The molecule has 35 heavy (non-hydrogen) atoms. The summed E-state index contributed by atoms with van der Waals surface area (Å²) in [6, 6.07) is 12.0. The standard InChI is InChI=1S/C27H32FN3O4/c1-5-35-25(33)15-14-24(32)30(17-16-18(2)3)19(4)26-29-23-9-7-6-8-22(23)27(34)31(26)21-12-10-20(28)11-13-21/h6-13,18-19H,5,14-17H2,1-4H3. The molecule has 0 aliphatic carbocycles. The van der Waals surface area contributed by atoms with Crippen molar-refractivity contribution in [3.63, 3.8) is 0 Å². The molecule has 0 radical (unpaired) electrons. The number of aromatic nitrogens is 2. The van der Waals surface area contributed by atoms with Crippen molar-refractivity contribution in [3.8, 4) is 5.69 Å². The number of para-hydroxylation sites is 1. The van der Waals surface area contributed by atoms with E-state index < -0.39 is 17.8 Å². The highest BCUT2D eigenvalue weighted by molar-refractivity contribution is 5.82. The van der Waals surface area contributed by atoms with Crippen LogP contribution >= 0.6 is 0 Å². The van der Waals surface area contributed by atoms with Gasteiger partial charge in [-0.1, -0.05) is 26.0 Å². The van der Waals surface area contributed by atoms with E-state index in [4.69, 9.17) is 9.72 Å². The number of esters is 1. The molecule has 0 N–H and O–H groups in total. The van der Waals surface area contributed by atoms with Crippen LogP contribution in [0.2, 0.25) is 0 Å². The fraction of sp³-hybridized carbons (Fsp3) is 0.407. The van der Waals surface area contributed by atoms with Gasteiger partial charge in [-0.3, -0.25) is 19.0 Å². The molecule has 0 spiro atoms. The minimum Gasteiger partial charge on any atom is -0.466 e. The average Bonchev–Trinajstić information content (AvgIpc) is 2.83. The molecule has 186 valence electrons. The summed E-state index contributed by atoms with van der Waals surface area (Å²) in [5, 5.41) is 0.426. The Morgan fingerprint density at radius 2 is 1.74 bits per heavy atom. The minimum atomic E-state index is -0.578. The topological polar surface area (TPSA) is 81.5 Å². The molecule has 2 aromatic carbocycles. The van der Waals surface area contributed by atoms with Crippen LogP contribution in [0, 0.1) is 11.7 Å². The van der Waals surface area contributed by atoms with E-state index in [1.54, 1.807) is 36.1 Å². The average molecular weight is 482 g/mol. The van der Waals surface area contributed by atoms with Crippen LogP contribution in [0.3, 0.4) is 0 Å². The molecule has 0 aliphatic rings. The number of hydrogen-bond acceptors (Lipinski definition) is 5. The molecular formula is C27H32FN3O4. The Labute approximate surface area is 204 Å². The van der Waals surface area contributed by atoms with Gasteiger partial charge in [0, 0.05) is 13.0 Å². The van der Waals surface area contributed by atoms with E-state index in [0.717, 1.165) is 6.42 Å². The van der Waals surface area contributed by atoms with Crippen LogP contribution in [-0.4, -0.2) is 39.5 Å². The van der Waals surface area contributed by atoms with Crippen molar-refractivity contribution in [2.45, 2.75) is 53.0 Å². The van der Waals surface area contributed by atoms with Crippen LogP contribution in [0.5, 0.6) is 0 Å². The Hall–Kier alpha value is -3.55. The number of nitrogens with zero attached hydrogens (tertiary/aromatic N) is 3. The first-order valence-electron chi connectivity index (χ1n) is 12.0.